The van der Waals surface area contributed by atoms with Gasteiger partial charge in [0.05, 0.1) is 6.20 Å². The molecule has 0 aliphatic carbocycles. The van der Waals surface area contributed by atoms with Gasteiger partial charge in [-0.05, 0) is 0 Å². The Morgan fingerprint density at radius 1 is 1.05 bits per heavy atom. The molecule has 0 amide bonds. The highest BCUT2D eigenvalue weighted by Crippen LogP contribution is 2.27. The molecule has 1 aromatic heterocycles. The lowest BCUT2D eigenvalue weighted by Crippen LogP contribution is -2.09. The van der Waals surface area contributed by atoms with E-state index >= 15 is 0 Å². The van der Waals surface area contributed by atoms with Gasteiger partial charge in [-0.3, -0.25) is 0 Å². The Morgan fingerprint density at radius 3 is 2.10 bits per heavy atom. The molecule has 0 saturated heterocycles. The molecule has 0 fully saturated rings. The molecule has 0 bridgehead atoms. The van der Waals surface area contributed by atoms with Crippen LogP contribution in [0.5, 0.6) is 0 Å². The van der Waals surface area contributed by atoms with Gasteiger partial charge in [0, 0.05) is 24.5 Å². The zero-order chi connectivity index (χ0) is 14.9. The summed E-state index contributed by atoms with van der Waals surface area (Å²) < 4.78 is 66.8. The van der Waals surface area contributed by atoms with Crippen LogP contribution in [0.4, 0.5) is 27.6 Å². The SMILES string of the molecule is C=Cn1cc(CNc2c(F)c(F)c(F)c(F)c2F)cn1. The lowest BCUT2D eigenvalue weighted by molar-refractivity contribution is 0.381. The van der Waals surface area contributed by atoms with Gasteiger partial charge in [-0.1, -0.05) is 6.58 Å². The number of anilines is 1. The molecule has 2 rings (SSSR count). The van der Waals surface area contributed by atoms with Crippen molar-refractivity contribution < 1.29 is 22.0 Å². The molecule has 1 heterocycles. The van der Waals surface area contributed by atoms with Crippen LogP contribution in [0.2, 0.25) is 0 Å². The normalized spacial score (nSPS) is 10.7. The van der Waals surface area contributed by atoms with E-state index in [9.17, 15) is 22.0 Å². The highest BCUT2D eigenvalue weighted by Gasteiger charge is 2.25. The molecule has 2 aromatic rings. The standard InChI is InChI=1S/C12H8F5N3/c1-2-20-5-6(4-19-20)3-18-12-10(16)8(14)7(13)9(15)11(12)17/h2,4-5,18H,1,3H2. The van der Waals surface area contributed by atoms with Gasteiger partial charge in [-0.25, -0.2) is 26.6 Å². The third kappa shape index (κ3) is 2.36. The van der Waals surface area contributed by atoms with E-state index in [1.54, 1.807) is 0 Å². The first-order valence-corrected chi connectivity index (χ1v) is 5.36. The average Bonchev–Trinajstić information content (AvgIpc) is 2.91. The van der Waals surface area contributed by atoms with Crippen LogP contribution in [0.25, 0.3) is 6.20 Å². The zero-order valence-electron chi connectivity index (χ0n) is 9.93. The number of nitrogens with one attached hydrogen (secondary N) is 1. The first-order chi connectivity index (χ1) is 9.45. The lowest BCUT2D eigenvalue weighted by atomic mass is 10.2. The largest absolute Gasteiger partial charge is 0.376 e. The third-order valence-electron chi connectivity index (χ3n) is 2.52. The van der Waals surface area contributed by atoms with Gasteiger partial charge in [0.1, 0.15) is 5.69 Å². The topological polar surface area (TPSA) is 29.9 Å². The Kier molecular flexibility index (Phi) is 3.73. The number of rotatable bonds is 4. The Bertz CT molecular complexity index is 636. The molecule has 3 nitrogen and oxygen atoms in total. The molecule has 0 spiro atoms. The van der Waals surface area contributed by atoms with Crippen LogP contribution in [0.15, 0.2) is 19.0 Å². The Balaban J connectivity index is 2.27. The number of nitrogens with zero attached hydrogens (tertiary/aromatic N) is 2. The van der Waals surface area contributed by atoms with Gasteiger partial charge in [0.15, 0.2) is 23.3 Å². The van der Waals surface area contributed by atoms with Gasteiger partial charge < -0.3 is 5.32 Å². The number of aromatic nitrogens is 2. The summed E-state index contributed by atoms with van der Waals surface area (Å²) in [6.07, 6.45) is 4.22. The minimum absolute atomic E-state index is 0.161. The van der Waals surface area contributed by atoms with Crippen LogP contribution in [0.3, 0.4) is 0 Å². The van der Waals surface area contributed by atoms with E-state index in [1.807, 2.05) is 0 Å². The minimum atomic E-state index is -2.19. The summed E-state index contributed by atoms with van der Waals surface area (Å²) in [5, 5.41) is 5.96. The highest BCUT2D eigenvalue weighted by molar-refractivity contribution is 5.48. The summed E-state index contributed by atoms with van der Waals surface area (Å²) in [6, 6.07) is 0. The molecular weight excluding hydrogens is 281 g/mol. The summed E-state index contributed by atoms with van der Waals surface area (Å²) in [5.41, 5.74) is -0.596. The van der Waals surface area contributed by atoms with Crippen LogP contribution in [-0.2, 0) is 6.54 Å². The molecule has 1 N–H and O–H groups in total. The first kappa shape index (κ1) is 14.0. The molecule has 0 radical (unpaired) electrons. The molecule has 0 atom stereocenters. The van der Waals surface area contributed by atoms with E-state index in [0.717, 1.165) is 0 Å². The van der Waals surface area contributed by atoms with Crippen LogP contribution in [-0.4, -0.2) is 9.78 Å². The predicted molar refractivity (Wildman–Crippen MR) is 62.2 cm³/mol. The van der Waals surface area contributed by atoms with Crippen LogP contribution >= 0.6 is 0 Å². The van der Waals surface area contributed by atoms with Crippen molar-refractivity contribution >= 4 is 11.9 Å². The van der Waals surface area contributed by atoms with Gasteiger partial charge in [-0.2, -0.15) is 5.10 Å². The number of halogens is 5. The number of hydrogen-bond acceptors (Lipinski definition) is 2. The second kappa shape index (κ2) is 5.32. The van der Waals surface area contributed by atoms with E-state index in [-0.39, 0.29) is 6.54 Å². The monoisotopic (exact) mass is 289 g/mol. The maximum Gasteiger partial charge on any atom is 0.200 e. The maximum absolute atomic E-state index is 13.4. The first-order valence-electron chi connectivity index (χ1n) is 5.36. The summed E-state index contributed by atoms with van der Waals surface area (Å²) >= 11 is 0. The highest BCUT2D eigenvalue weighted by atomic mass is 19.2. The Labute approximate surface area is 110 Å². The molecule has 20 heavy (non-hydrogen) atoms. The zero-order valence-corrected chi connectivity index (χ0v) is 9.93. The van der Waals surface area contributed by atoms with Gasteiger partial charge in [0.2, 0.25) is 5.82 Å². The molecule has 0 saturated carbocycles. The summed E-state index contributed by atoms with van der Waals surface area (Å²) in [4.78, 5) is 0. The van der Waals surface area contributed by atoms with Crippen molar-refractivity contribution in [1.29, 1.82) is 0 Å². The fourth-order valence-electron chi connectivity index (χ4n) is 1.52. The second-order valence-corrected chi connectivity index (χ2v) is 3.81. The quantitative estimate of drug-likeness (QED) is 0.532. The van der Waals surface area contributed by atoms with E-state index in [0.29, 0.717) is 5.56 Å². The number of benzene rings is 1. The van der Waals surface area contributed by atoms with Crippen molar-refractivity contribution in [2.24, 2.45) is 0 Å². The average molecular weight is 289 g/mol. The lowest BCUT2D eigenvalue weighted by Gasteiger charge is -2.09. The number of hydrogen-bond donors (Lipinski definition) is 1. The van der Waals surface area contributed by atoms with Crippen molar-refractivity contribution in [3.63, 3.8) is 0 Å². The maximum atomic E-state index is 13.4. The Morgan fingerprint density at radius 2 is 1.60 bits per heavy atom. The van der Waals surface area contributed by atoms with Gasteiger partial charge in [-0.15, -0.1) is 0 Å². The fourth-order valence-corrected chi connectivity index (χ4v) is 1.52. The van der Waals surface area contributed by atoms with Crippen molar-refractivity contribution in [3.8, 4) is 0 Å². The molecule has 0 aliphatic rings. The van der Waals surface area contributed by atoms with E-state index < -0.39 is 34.8 Å². The molecule has 1 aromatic carbocycles. The summed E-state index contributed by atoms with van der Waals surface area (Å²) in [5.74, 6) is -9.98. The molecule has 8 heteroatoms. The fraction of sp³-hybridized carbons (Fsp3) is 0.0833. The van der Waals surface area contributed by atoms with Crippen molar-refractivity contribution in [3.05, 3.63) is 53.6 Å². The molecule has 0 aliphatic heterocycles. The van der Waals surface area contributed by atoms with Crippen LogP contribution in [0.1, 0.15) is 5.56 Å². The van der Waals surface area contributed by atoms with Crippen molar-refractivity contribution in [2.45, 2.75) is 6.54 Å². The Hall–Kier alpha value is -2.38. The molecular formula is C12H8F5N3. The van der Waals surface area contributed by atoms with Gasteiger partial charge >= 0.3 is 0 Å². The van der Waals surface area contributed by atoms with E-state index in [2.05, 4.69) is 17.0 Å². The summed E-state index contributed by atoms with van der Waals surface area (Å²) in [7, 11) is 0. The second-order valence-electron chi connectivity index (χ2n) is 3.81. The molecule has 0 unspecified atom stereocenters. The summed E-state index contributed by atoms with van der Waals surface area (Å²) in [6.45, 7) is 3.28. The predicted octanol–water partition coefficient (Wildman–Crippen LogP) is 3.29. The third-order valence-corrected chi connectivity index (χ3v) is 2.52. The van der Waals surface area contributed by atoms with E-state index in [1.165, 1.54) is 23.3 Å². The smallest absolute Gasteiger partial charge is 0.200 e. The van der Waals surface area contributed by atoms with Crippen molar-refractivity contribution in [2.75, 3.05) is 5.32 Å². The minimum Gasteiger partial charge on any atom is -0.376 e. The van der Waals surface area contributed by atoms with Gasteiger partial charge in [0.25, 0.3) is 0 Å². The van der Waals surface area contributed by atoms with Crippen LogP contribution < -0.4 is 5.32 Å². The van der Waals surface area contributed by atoms with Crippen molar-refractivity contribution in [1.82, 2.24) is 9.78 Å². The van der Waals surface area contributed by atoms with Crippen LogP contribution in [0, 0.1) is 29.1 Å². The molecule has 106 valence electrons. The van der Waals surface area contributed by atoms with E-state index in [4.69, 9.17) is 0 Å².